The van der Waals surface area contributed by atoms with Crippen LogP contribution in [-0.4, -0.2) is 23.8 Å². The summed E-state index contributed by atoms with van der Waals surface area (Å²) in [7, 11) is 0. The van der Waals surface area contributed by atoms with E-state index < -0.39 is 0 Å². The Labute approximate surface area is 155 Å². The molecular weight excluding hydrogens is 318 g/mol. The second-order valence-electron chi connectivity index (χ2n) is 6.47. The Morgan fingerprint density at radius 2 is 1.65 bits per heavy atom. The van der Waals surface area contributed by atoms with Crippen molar-refractivity contribution in [3.8, 4) is 0 Å². The van der Waals surface area contributed by atoms with Crippen molar-refractivity contribution < 1.29 is 4.79 Å². The molecule has 0 aromatic heterocycles. The molecule has 0 aliphatic carbocycles. The van der Waals surface area contributed by atoms with Gasteiger partial charge in [0.2, 0.25) is 0 Å². The van der Waals surface area contributed by atoms with Gasteiger partial charge in [0, 0.05) is 12.1 Å². The first-order valence-corrected chi connectivity index (χ1v) is 9.22. The third-order valence-corrected chi connectivity index (χ3v) is 4.71. The van der Waals surface area contributed by atoms with Gasteiger partial charge < -0.3 is 0 Å². The van der Waals surface area contributed by atoms with Gasteiger partial charge in [0.15, 0.2) is 5.78 Å². The molecule has 0 N–H and O–H groups in total. The van der Waals surface area contributed by atoms with Crippen molar-refractivity contribution in [2.45, 2.75) is 20.4 Å². The monoisotopic (exact) mass is 343 g/mol. The highest BCUT2D eigenvalue weighted by molar-refractivity contribution is 6.07. The highest BCUT2D eigenvalue weighted by Crippen LogP contribution is 2.17. The molecule has 2 heteroatoms. The average Bonchev–Trinajstić information content (AvgIpc) is 2.70. The summed E-state index contributed by atoms with van der Waals surface area (Å²) in [5.41, 5.74) is 2.96. The maximum Gasteiger partial charge on any atom is 0.185 e. The Hall–Kier alpha value is -2.71. The quantitative estimate of drug-likeness (QED) is 0.412. The van der Waals surface area contributed by atoms with E-state index in [0.29, 0.717) is 0 Å². The zero-order chi connectivity index (χ0) is 18.4. The minimum absolute atomic E-state index is 0.0413. The average molecular weight is 343 g/mol. The van der Waals surface area contributed by atoms with E-state index in [4.69, 9.17) is 0 Å². The van der Waals surface area contributed by atoms with Gasteiger partial charge in [-0.2, -0.15) is 0 Å². The van der Waals surface area contributed by atoms with Crippen LogP contribution < -0.4 is 0 Å². The Morgan fingerprint density at radius 1 is 0.885 bits per heavy atom. The van der Waals surface area contributed by atoms with Gasteiger partial charge in [-0.15, -0.1) is 0 Å². The van der Waals surface area contributed by atoms with Gasteiger partial charge in [0.25, 0.3) is 0 Å². The number of hydrogen-bond acceptors (Lipinski definition) is 2. The molecule has 0 unspecified atom stereocenters. The van der Waals surface area contributed by atoms with Gasteiger partial charge in [-0.25, -0.2) is 0 Å². The number of fused-ring (bicyclic) bond motifs is 1. The van der Waals surface area contributed by atoms with Crippen LogP contribution in [0.2, 0.25) is 0 Å². The number of benzene rings is 3. The lowest BCUT2D eigenvalue weighted by Gasteiger charge is -2.18. The summed E-state index contributed by atoms with van der Waals surface area (Å²) in [6.45, 7) is 7.21. The number of allylic oxidation sites excluding steroid dienone is 1. The molecule has 3 rings (SSSR count). The van der Waals surface area contributed by atoms with Crippen molar-refractivity contribution in [3.63, 3.8) is 0 Å². The molecule has 2 nitrogen and oxygen atoms in total. The minimum atomic E-state index is 0.0413. The van der Waals surface area contributed by atoms with E-state index in [-0.39, 0.29) is 5.78 Å². The largest absolute Gasteiger partial charge is 0.300 e. The standard InChI is InChI=1S/C24H25NO/c1-3-25(4-2)18-20-8-7-11-23(17-20)24(26)15-13-19-12-14-21-9-5-6-10-22(21)16-19/h5-17H,3-4,18H2,1-2H3/b15-13+. The number of nitrogens with zero attached hydrogens (tertiary/aromatic N) is 1. The lowest BCUT2D eigenvalue weighted by atomic mass is 10.0. The number of carbonyl (C=O) groups is 1. The summed E-state index contributed by atoms with van der Waals surface area (Å²) in [5.74, 6) is 0.0413. The maximum absolute atomic E-state index is 12.6. The van der Waals surface area contributed by atoms with Gasteiger partial charge in [0.05, 0.1) is 0 Å². The molecule has 0 saturated heterocycles. The molecule has 0 aliphatic heterocycles. The van der Waals surface area contributed by atoms with Crippen molar-refractivity contribution >= 4 is 22.6 Å². The molecule has 0 fully saturated rings. The molecule has 0 saturated carbocycles. The first kappa shape index (κ1) is 18.1. The Kier molecular flexibility index (Phi) is 5.98. The van der Waals surface area contributed by atoms with E-state index >= 15 is 0 Å². The van der Waals surface area contributed by atoms with E-state index in [2.05, 4.69) is 49.1 Å². The molecule has 0 radical (unpaired) electrons. The van der Waals surface area contributed by atoms with Gasteiger partial charge in [0.1, 0.15) is 0 Å². The fourth-order valence-electron chi connectivity index (χ4n) is 3.11. The normalized spacial score (nSPS) is 11.5. The predicted molar refractivity (Wildman–Crippen MR) is 110 cm³/mol. The highest BCUT2D eigenvalue weighted by Gasteiger charge is 2.06. The van der Waals surface area contributed by atoms with Crippen LogP contribution in [0, 0.1) is 0 Å². The summed E-state index contributed by atoms with van der Waals surface area (Å²) in [6, 6.07) is 22.4. The predicted octanol–water partition coefficient (Wildman–Crippen LogP) is 5.58. The lowest BCUT2D eigenvalue weighted by molar-refractivity contribution is 0.104. The summed E-state index contributed by atoms with van der Waals surface area (Å²) >= 11 is 0. The molecule has 0 atom stereocenters. The van der Waals surface area contributed by atoms with E-state index in [0.717, 1.165) is 30.8 Å². The van der Waals surface area contributed by atoms with Gasteiger partial charge in [-0.3, -0.25) is 9.69 Å². The molecule has 0 heterocycles. The molecule has 3 aromatic rings. The number of carbonyl (C=O) groups excluding carboxylic acids is 1. The van der Waals surface area contributed by atoms with Crippen LogP contribution in [0.3, 0.4) is 0 Å². The van der Waals surface area contributed by atoms with Gasteiger partial charge in [-0.1, -0.05) is 74.5 Å². The summed E-state index contributed by atoms with van der Waals surface area (Å²) in [5, 5.41) is 2.39. The minimum Gasteiger partial charge on any atom is -0.300 e. The first-order valence-electron chi connectivity index (χ1n) is 9.22. The van der Waals surface area contributed by atoms with E-state index in [1.54, 1.807) is 6.08 Å². The smallest absolute Gasteiger partial charge is 0.185 e. The van der Waals surface area contributed by atoms with Crippen LogP contribution >= 0.6 is 0 Å². The number of rotatable bonds is 7. The molecule has 26 heavy (non-hydrogen) atoms. The maximum atomic E-state index is 12.6. The van der Waals surface area contributed by atoms with Crippen LogP contribution in [0.1, 0.15) is 35.3 Å². The molecule has 132 valence electrons. The van der Waals surface area contributed by atoms with Crippen LogP contribution in [0.15, 0.2) is 72.8 Å². The SMILES string of the molecule is CCN(CC)Cc1cccc(C(=O)/C=C/c2ccc3ccccc3c2)c1. The van der Waals surface area contributed by atoms with Crippen molar-refractivity contribution in [2.75, 3.05) is 13.1 Å². The molecule has 0 bridgehead atoms. The van der Waals surface area contributed by atoms with Crippen molar-refractivity contribution in [1.82, 2.24) is 4.90 Å². The van der Waals surface area contributed by atoms with Crippen molar-refractivity contribution in [1.29, 1.82) is 0 Å². The van der Waals surface area contributed by atoms with Crippen LogP contribution in [-0.2, 0) is 6.54 Å². The Bertz CT molecular complexity index is 922. The lowest BCUT2D eigenvalue weighted by Crippen LogP contribution is -2.22. The Balaban J connectivity index is 1.75. The zero-order valence-corrected chi connectivity index (χ0v) is 15.5. The fraction of sp³-hybridized carbons (Fsp3) is 0.208. The Morgan fingerprint density at radius 3 is 2.42 bits per heavy atom. The third-order valence-electron chi connectivity index (χ3n) is 4.71. The van der Waals surface area contributed by atoms with E-state index in [1.165, 1.54) is 16.3 Å². The second kappa shape index (κ2) is 8.59. The molecule has 0 aliphatic rings. The van der Waals surface area contributed by atoms with E-state index in [1.807, 2.05) is 42.5 Å². The zero-order valence-electron chi connectivity index (χ0n) is 15.5. The van der Waals surface area contributed by atoms with Crippen molar-refractivity contribution in [3.05, 3.63) is 89.5 Å². The van der Waals surface area contributed by atoms with Crippen LogP contribution in [0.25, 0.3) is 16.8 Å². The summed E-state index contributed by atoms with van der Waals surface area (Å²) in [4.78, 5) is 14.9. The van der Waals surface area contributed by atoms with E-state index in [9.17, 15) is 4.79 Å². The van der Waals surface area contributed by atoms with Crippen LogP contribution in [0.5, 0.6) is 0 Å². The molecule has 3 aromatic carbocycles. The molecule has 0 spiro atoms. The fourth-order valence-corrected chi connectivity index (χ4v) is 3.11. The molecular formula is C24H25NO. The summed E-state index contributed by atoms with van der Waals surface area (Å²) in [6.07, 6.45) is 3.56. The number of hydrogen-bond donors (Lipinski definition) is 0. The van der Waals surface area contributed by atoms with Gasteiger partial charge in [-0.05, 0) is 53.2 Å². The third kappa shape index (κ3) is 4.47. The van der Waals surface area contributed by atoms with Crippen molar-refractivity contribution in [2.24, 2.45) is 0 Å². The van der Waals surface area contributed by atoms with Crippen LogP contribution in [0.4, 0.5) is 0 Å². The highest BCUT2D eigenvalue weighted by atomic mass is 16.1. The second-order valence-corrected chi connectivity index (χ2v) is 6.47. The molecule has 0 amide bonds. The first-order chi connectivity index (χ1) is 12.7. The van der Waals surface area contributed by atoms with Gasteiger partial charge >= 0.3 is 0 Å². The number of ketones is 1. The summed E-state index contributed by atoms with van der Waals surface area (Å²) < 4.78 is 0. The topological polar surface area (TPSA) is 20.3 Å².